The summed E-state index contributed by atoms with van der Waals surface area (Å²) < 4.78 is 10.1. The lowest BCUT2D eigenvalue weighted by Crippen LogP contribution is -2.52. The van der Waals surface area contributed by atoms with E-state index >= 15 is 0 Å². The van der Waals surface area contributed by atoms with Crippen molar-refractivity contribution in [3.63, 3.8) is 0 Å². The molecular formula is C12H22N2O5S. The van der Waals surface area contributed by atoms with Crippen molar-refractivity contribution in [2.75, 3.05) is 45.4 Å². The normalized spacial score (nSPS) is 20.5. The molecule has 0 spiro atoms. The lowest BCUT2D eigenvalue weighted by atomic mass is 10.2. The molecular weight excluding hydrogens is 284 g/mol. The molecule has 2 atom stereocenters. The van der Waals surface area contributed by atoms with E-state index in [1.54, 1.807) is 30.9 Å². The molecule has 2 unspecified atom stereocenters. The van der Waals surface area contributed by atoms with Crippen LogP contribution in [0, 0.1) is 0 Å². The van der Waals surface area contributed by atoms with Crippen molar-refractivity contribution in [2.24, 2.45) is 0 Å². The van der Waals surface area contributed by atoms with Crippen molar-refractivity contribution in [3.05, 3.63) is 0 Å². The predicted octanol–water partition coefficient (Wildman–Crippen LogP) is 0.250. The van der Waals surface area contributed by atoms with Crippen molar-refractivity contribution in [1.82, 2.24) is 10.2 Å². The van der Waals surface area contributed by atoms with Crippen LogP contribution in [0.15, 0.2) is 0 Å². The molecule has 1 saturated heterocycles. The first kappa shape index (κ1) is 17.1. The van der Waals surface area contributed by atoms with Crippen LogP contribution in [0.1, 0.15) is 6.42 Å². The summed E-state index contributed by atoms with van der Waals surface area (Å²) in [5, 5.41) is 11.7. The van der Waals surface area contributed by atoms with E-state index in [9.17, 15) is 9.59 Å². The summed E-state index contributed by atoms with van der Waals surface area (Å²) in [5.41, 5.74) is 0. The van der Waals surface area contributed by atoms with E-state index in [2.05, 4.69) is 5.32 Å². The maximum atomic E-state index is 12.1. The van der Waals surface area contributed by atoms with E-state index in [-0.39, 0.29) is 24.6 Å². The maximum Gasteiger partial charge on any atom is 0.317 e. The van der Waals surface area contributed by atoms with Gasteiger partial charge in [0.25, 0.3) is 0 Å². The zero-order chi connectivity index (χ0) is 15.0. The van der Waals surface area contributed by atoms with Crippen molar-refractivity contribution in [1.29, 1.82) is 0 Å². The van der Waals surface area contributed by atoms with Gasteiger partial charge in [0.2, 0.25) is 0 Å². The SMILES string of the molecule is COCC(CNC(=O)N1CCSCC1CC(=O)O)OC. The third kappa shape index (κ3) is 5.56. The molecule has 2 N–H and O–H groups in total. The summed E-state index contributed by atoms with van der Waals surface area (Å²) in [5.74, 6) is 0.602. The quantitative estimate of drug-likeness (QED) is 0.701. The monoisotopic (exact) mass is 306 g/mol. The molecule has 0 bridgehead atoms. The number of thioether (sulfide) groups is 1. The van der Waals surface area contributed by atoms with Gasteiger partial charge >= 0.3 is 12.0 Å². The number of carbonyl (C=O) groups excluding carboxylic acids is 1. The number of hydrogen-bond donors (Lipinski definition) is 2. The Morgan fingerprint density at radius 1 is 1.50 bits per heavy atom. The van der Waals surface area contributed by atoms with Gasteiger partial charge in [-0.15, -0.1) is 0 Å². The van der Waals surface area contributed by atoms with Gasteiger partial charge in [0.15, 0.2) is 0 Å². The van der Waals surface area contributed by atoms with E-state index < -0.39 is 5.97 Å². The minimum Gasteiger partial charge on any atom is -0.481 e. The van der Waals surface area contributed by atoms with Crippen LogP contribution in [0.5, 0.6) is 0 Å². The number of rotatable bonds is 7. The van der Waals surface area contributed by atoms with Crippen molar-refractivity contribution < 1.29 is 24.2 Å². The molecule has 0 saturated carbocycles. The molecule has 1 aliphatic rings. The molecule has 1 rings (SSSR count). The fraction of sp³-hybridized carbons (Fsp3) is 0.833. The summed E-state index contributed by atoms with van der Waals surface area (Å²) in [6.07, 6.45) is -0.229. The molecule has 1 heterocycles. The van der Waals surface area contributed by atoms with E-state index in [0.717, 1.165) is 5.75 Å². The van der Waals surface area contributed by atoms with Crippen molar-refractivity contribution in [3.8, 4) is 0 Å². The number of carboxylic acids is 1. The molecule has 7 nitrogen and oxygen atoms in total. The maximum absolute atomic E-state index is 12.1. The zero-order valence-corrected chi connectivity index (χ0v) is 12.6. The number of methoxy groups -OCH3 is 2. The Kier molecular flexibility index (Phi) is 7.71. The Balaban J connectivity index is 2.48. The molecule has 0 aromatic rings. The Bertz CT molecular complexity index is 329. The molecule has 8 heteroatoms. The molecule has 0 aromatic heterocycles. The van der Waals surface area contributed by atoms with Crippen LogP contribution >= 0.6 is 11.8 Å². The summed E-state index contributed by atoms with van der Waals surface area (Å²) in [6.45, 7) is 1.30. The van der Waals surface area contributed by atoms with Gasteiger partial charge in [-0.2, -0.15) is 11.8 Å². The number of aliphatic carboxylic acids is 1. The first-order chi connectivity index (χ1) is 9.58. The molecule has 116 valence electrons. The van der Waals surface area contributed by atoms with E-state index in [1.165, 1.54) is 0 Å². The van der Waals surface area contributed by atoms with Crippen LogP contribution < -0.4 is 5.32 Å². The molecule has 1 fully saturated rings. The lowest BCUT2D eigenvalue weighted by Gasteiger charge is -2.34. The van der Waals surface area contributed by atoms with Crippen LogP contribution in [0.2, 0.25) is 0 Å². The summed E-state index contributed by atoms with van der Waals surface area (Å²) in [7, 11) is 3.12. The third-order valence-corrected chi connectivity index (χ3v) is 4.16. The highest BCUT2D eigenvalue weighted by Crippen LogP contribution is 2.19. The molecule has 0 aromatic carbocycles. The van der Waals surface area contributed by atoms with E-state index in [1.807, 2.05) is 0 Å². The number of ether oxygens (including phenoxy) is 2. The Hall–Kier alpha value is -0.990. The lowest BCUT2D eigenvalue weighted by molar-refractivity contribution is -0.138. The molecule has 0 aliphatic carbocycles. The number of hydrogen-bond acceptors (Lipinski definition) is 5. The standard InChI is InChI=1S/C12H22N2O5S/c1-18-7-10(19-2)6-13-12(17)14-3-4-20-8-9(14)5-11(15)16/h9-10H,3-8H2,1-2H3,(H,13,17)(H,15,16). The van der Waals surface area contributed by atoms with Crippen LogP contribution in [-0.2, 0) is 14.3 Å². The number of carbonyl (C=O) groups is 2. The second-order valence-corrected chi connectivity index (χ2v) is 5.67. The highest BCUT2D eigenvalue weighted by atomic mass is 32.2. The number of carboxylic acid groups (broad SMARTS) is 1. The molecule has 2 amide bonds. The minimum absolute atomic E-state index is 0.0216. The van der Waals surface area contributed by atoms with Gasteiger partial charge in [0, 0.05) is 38.8 Å². The van der Waals surface area contributed by atoms with Gasteiger partial charge in [0.05, 0.1) is 25.2 Å². The van der Waals surface area contributed by atoms with Crippen LogP contribution in [0.4, 0.5) is 4.79 Å². The average molecular weight is 306 g/mol. The smallest absolute Gasteiger partial charge is 0.317 e. The second-order valence-electron chi connectivity index (χ2n) is 4.52. The van der Waals surface area contributed by atoms with Gasteiger partial charge in [-0.25, -0.2) is 4.79 Å². The Morgan fingerprint density at radius 2 is 2.25 bits per heavy atom. The Labute approximate surface area is 123 Å². The van der Waals surface area contributed by atoms with Crippen LogP contribution in [0.25, 0.3) is 0 Å². The van der Waals surface area contributed by atoms with Crippen molar-refractivity contribution >= 4 is 23.8 Å². The fourth-order valence-electron chi connectivity index (χ4n) is 1.99. The number of urea groups is 1. The van der Waals surface area contributed by atoms with E-state index in [4.69, 9.17) is 14.6 Å². The number of nitrogens with zero attached hydrogens (tertiary/aromatic N) is 1. The largest absolute Gasteiger partial charge is 0.481 e. The highest BCUT2D eigenvalue weighted by molar-refractivity contribution is 7.99. The molecule has 20 heavy (non-hydrogen) atoms. The van der Waals surface area contributed by atoms with E-state index in [0.29, 0.717) is 25.4 Å². The number of amides is 2. The van der Waals surface area contributed by atoms with Gasteiger partial charge < -0.3 is 24.8 Å². The topological polar surface area (TPSA) is 88.1 Å². The average Bonchev–Trinajstić information content (AvgIpc) is 2.43. The first-order valence-corrected chi connectivity index (χ1v) is 7.59. The van der Waals surface area contributed by atoms with Gasteiger partial charge in [-0.3, -0.25) is 4.79 Å². The summed E-state index contributed by atoms with van der Waals surface area (Å²) >= 11 is 1.67. The van der Waals surface area contributed by atoms with Crippen LogP contribution in [0.3, 0.4) is 0 Å². The third-order valence-electron chi connectivity index (χ3n) is 3.07. The Morgan fingerprint density at radius 3 is 2.85 bits per heavy atom. The molecule has 1 aliphatic heterocycles. The van der Waals surface area contributed by atoms with Crippen LogP contribution in [-0.4, -0.2) is 79.6 Å². The van der Waals surface area contributed by atoms with Gasteiger partial charge in [0.1, 0.15) is 0 Å². The highest BCUT2D eigenvalue weighted by Gasteiger charge is 2.29. The van der Waals surface area contributed by atoms with Gasteiger partial charge in [-0.1, -0.05) is 0 Å². The van der Waals surface area contributed by atoms with Gasteiger partial charge in [-0.05, 0) is 0 Å². The minimum atomic E-state index is -0.885. The fourth-order valence-corrected chi connectivity index (χ4v) is 3.05. The number of nitrogens with one attached hydrogen (secondary N) is 1. The predicted molar refractivity (Wildman–Crippen MR) is 76.1 cm³/mol. The van der Waals surface area contributed by atoms with Crippen molar-refractivity contribution in [2.45, 2.75) is 18.6 Å². The first-order valence-electron chi connectivity index (χ1n) is 6.44. The summed E-state index contributed by atoms with van der Waals surface area (Å²) in [6, 6.07) is -0.496. The summed E-state index contributed by atoms with van der Waals surface area (Å²) in [4.78, 5) is 24.6. The molecule has 0 radical (unpaired) electrons. The zero-order valence-electron chi connectivity index (χ0n) is 11.8. The second kappa shape index (κ2) is 9.04.